The SMILES string of the molecule is CC.Cn1ncc2c(CO)cccc21. The van der Waals surface area contributed by atoms with Crippen LogP contribution in [0.2, 0.25) is 0 Å². The minimum Gasteiger partial charge on any atom is -0.392 e. The van der Waals surface area contributed by atoms with Gasteiger partial charge in [-0.15, -0.1) is 0 Å². The summed E-state index contributed by atoms with van der Waals surface area (Å²) >= 11 is 0. The lowest BCUT2D eigenvalue weighted by Gasteiger charge is -1.97. The lowest BCUT2D eigenvalue weighted by molar-refractivity contribution is 0.283. The lowest BCUT2D eigenvalue weighted by atomic mass is 10.1. The molecule has 3 nitrogen and oxygen atoms in total. The van der Waals surface area contributed by atoms with Gasteiger partial charge in [-0.05, 0) is 11.6 Å². The molecule has 0 aliphatic rings. The van der Waals surface area contributed by atoms with Gasteiger partial charge in [0, 0.05) is 12.4 Å². The van der Waals surface area contributed by atoms with Crippen LogP contribution in [0, 0.1) is 0 Å². The Kier molecular flexibility index (Phi) is 3.65. The molecule has 2 rings (SSSR count). The summed E-state index contributed by atoms with van der Waals surface area (Å²) in [5, 5.41) is 14.1. The largest absolute Gasteiger partial charge is 0.392 e. The van der Waals surface area contributed by atoms with E-state index in [4.69, 9.17) is 5.11 Å². The molecule has 0 unspecified atom stereocenters. The van der Waals surface area contributed by atoms with Crippen LogP contribution in [0.3, 0.4) is 0 Å². The van der Waals surface area contributed by atoms with E-state index in [0.29, 0.717) is 0 Å². The molecule has 1 N–H and O–H groups in total. The van der Waals surface area contributed by atoms with Gasteiger partial charge in [0.25, 0.3) is 0 Å². The van der Waals surface area contributed by atoms with Crippen molar-refractivity contribution in [1.82, 2.24) is 9.78 Å². The molecule has 14 heavy (non-hydrogen) atoms. The van der Waals surface area contributed by atoms with Crippen LogP contribution in [0.15, 0.2) is 24.4 Å². The number of fused-ring (bicyclic) bond motifs is 1. The molecule has 0 saturated carbocycles. The van der Waals surface area contributed by atoms with Crippen molar-refractivity contribution in [2.24, 2.45) is 7.05 Å². The number of nitrogens with zero attached hydrogens (tertiary/aromatic N) is 2. The molecular formula is C11H16N2O. The lowest BCUT2D eigenvalue weighted by Crippen LogP contribution is -1.89. The Bertz CT molecular complexity index is 407. The number of aliphatic hydroxyl groups excluding tert-OH is 1. The van der Waals surface area contributed by atoms with Crippen molar-refractivity contribution in [3.05, 3.63) is 30.0 Å². The molecule has 0 amide bonds. The fraction of sp³-hybridized carbons (Fsp3) is 0.364. The van der Waals surface area contributed by atoms with Crippen molar-refractivity contribution in [3.8, 4) is 0 Å². The van der Waals surface area contributed by atoms with E-state index in [0.717, 1.165) is 16.5 Å². The van der Waals surface area contributed by atoms with Crippen LogP contribution in [-0.2, 0) is 13.7 Å². The Labute approximate surface area is 84.0 Å². The Hall–Kier alpha value is -1.35. The number of hydrogen-bond acceptors (Lipinski definition) is 2. The second-order valence-corrected chi connectivity index (χ2v) is 2.78. The molecular weight excluding hydrogens is 176 g/mol. The van der Waals surface area contributed by atoms with E-state index in [1.807, 2.05) is 39.1 Å². The first-order chi connectivity index (χ1) is 6.83. The van der Waals surface area contributed by atoms with Crippen molar-refractivity contribution < 1.29 is 5.11 Å². The highest BCUT2D eigenvalue weighted by molar-refractivity contribution is 5.82. The molecule has 0 bridgehead atoms. The van der Waals surface area contributed by atoms with E-state index in [1.165, 1.54) is 0 Å². The molecule has 0 saturated heterocycles. The maximum Gasteiger partial charge on any atom is 0.0689 e. The fourth-order valence-corrected chi connectivity index (χ4v) is 1.38. The minimum atomic E-state index is 0.0725. The Morgan fingerprint density at radius 1 is 1.36 bits per heavy atom. The second-order valence-electron chi connectivity index (χ2n) is 2.78. The highest BCUT2D eigenvalue weighted by atomic mass is 16.3. The standard InChI is InChI=1S/C9H10N2O.C2H6/c1-11-9-4-2-3-7(6-12)8(9)5-10-11;1-2/h2-5,12H,6H2,1H3;1-2H3. The first-order valence-electron chi connectivity index (χ1n) is 4.83. The molecule has 0 radical (unpaired) electrons. The van der Waals surface area contributed by atoms with Crippen molar-refractivity contribution in [2.75, 3.05) is 0 Å². The third-order valence-electron chi connectivity index (χ3n) is 2.05. The van der Waals surface area contributed by atoms with Gasteiger partial charge in [0.1, 0.15) is 0 Å². The molecule has 0 aliphatic heterocycles. The zero-order chi connectivity index (χ0) is 10.6. The summed E-state index contributed by atoms with van der Waals surface area (Å²) in [5.74, 6) is 0. The summed E-state index contributed by atoms with van der Waals surface area (Å²) in [6.07, 6.45) is 1.78. The summed E-state index contributed by atoms with van der Waals surface area (Å²) in [5.41, 5.74) is 1.99. The Balaban J connectivity index is 0.000000461. The summed E-state index contributed by atoms with van der Waals surface area (Å²) in [6, 6.07) is 5.82. The maximum atomic E-state index is 9.01. The van der Waals surface area contributed by atoms with Crippen LogP contribution in [0.25, 0.3) is 10.9 Å². The molecule has 0 atom stereocenters. The quantitative estimate of drug-likeness (QED) is 0.751. The normalized spacial score (nSPS) is 9.71. The van der Waals surface area contributed by atoms with Crippen LogP contribution in [0.5, 0.6) is 0 Å². The van der Waals surface area contributed by atoms with Gasteiger partial charge < -0.3 is 5.11 Å². The van der Waals surface area contributed by atoms with Crippen LogP contribution in [0.4, 0.5) is 0 Å². The molecule has 1 heterocycles. The molecule has 0 spiro atoms. The summed E-state index contributed by atoms with van der Waals surface area (Å²) in [4.78, 5) is 0. The van der Waals surface area contributed by atoms with Crippen LogP contribution >= 0.6 is 0 Å². The van der Waals surface area contributed by atoms with E-state index in [9.17, 15) is 0 Å². The number of aryl methyl sites for hydroxylation is 1. The third kappa shape index (κ3) is 1.77. The number of aromatic nitrogens is 2. The van der Waals surface area contributed by atoms with Gasteiger partial charge >= 0.3 is 0 Å². The predicted octanol–water partition coefficient (Wildman–Crippen LogP) is 2.09. The molecule has 0 aliphatic carbocycles. The first-order valence-corrected chi connectivity index (χ1v) is 4.83. The first kappa shape index (κ1) is 10.7. The molecule has 3 heteroatoms. The summed E-state index contributed by atoms with van der Waals surface area (Å²) < 4.78 is 1.80. The van der Waals surface area contributed by atoms with Gasteiger partial charge in [-0.3, -0.25) is 4.68 Å². The zero-order valence-corrected chi connectivity index (χ0v) is 8.86. The molecule has 1 aromatic carbocycles. The zero-order valence-electron chi connectivity index (χ0n) is 8.86. The topological polar surface area (TPSA) is 38.0 Å². The fourth-order valence-electron chi connectivity index (χ4n) is 1.38. The van der Waals surface area contributed by atoms with Crippen molar-refractivity contribution >= 4 is 10.9 Å². The predicted molar refractivity (Wildman–Crippen MR) is 58.0 cm³/mol. The van der Waals surface area contributed by atoms with Crippen LogP contribution in [-0.4, -0.2) is 14.9 Å². The van der Waals surface area contributed by atoms with E-state index in [1.54, 1.807) is 10.9 Å². The van der Waals surface area contributed by atoms with Gasteiger partial charge in [0.15, 0.2) is 0 Å². The van der Waals surface area contributed by atoms with E-state index < -0.39 is 0 Å². The van der Waals surface area contributed by atoms with Crippen LogP contribution in [0.1, 0.15) is 19.4 Å². The summed E-state index contributed by atoms with van der Waals surface area (Å²) in [7, 11) is 1.89. The number of rotatable bonds is 1. The van der Waals surface area contributed by atoms with Crippen molar-refractivity contribution in [1.29, 1.82) is 0 Å². The number of benzene rings is 1. The highest BCUT2D eigenvalue weighted by Gasteiger charge is 2.02. The van der Waals surface area contributed by atoms with E-state index in [-0.39, 0.29) is 6.61 Å². The second kappa shape index (κ2) is 4.77. The molecule has 1 aromatic heterocycles. The van der Waals surface area contributed by atoms with E-state index in [2.05, 4.69) is 5.10 Å². The van der Waals surface area contributed by atoms with Gasteiger partial charge in [-0.1, -0.05) is 26.0 Å². The van der Waals surface area contributed by atoms with Crippen molar-refractivity contribution in [2.45, 2.75) is 20.5 Å². The van der Waals surface area contributed by atoms with Gasteiger partial charge in [-0.25, -0.2) is 0 Å². The highest BCUT2D eigenvalue weighted by Crippen LogP contribution is 2.17. The monoisotopic (exact) mass is 192 g/mol. The van der Waals surface area contributed by atoms with Gasteiger partial charge in [0.05, 0.1) is 18.3 Å². The third-order valence-corrected chi connectivity index (χ3v) is 2.05. The Morgan fingerprint density at radius 2 is 2.07 bits per heavy atom. The average molecular weight is 192 g/mol. The van der Waals surface area contributed by atoms with Crippen molar-refractivity contribution in [3.63, 3.8) is 0 Å². The van der Waals surface area contributed by atoms with Gasteiger partial charge in [0.2, 0.25) is 0 Å². The number of aliphatic hydroxyl groups is 1. The number of hydrogen-bond donors (Lipinski definition) is 1. The van der Waals surface area contributed by atoms with E-state index >= 15 is 0 Å². The maximum absolute atomic E-state index is 9.01. The summed E-state index contributed by atoms with van der Waals surface area (Å²) in [6.45, 7) is 4.07. The van der Waals surface area contributed by atoms with Crippen LogP contribution < -0.4 is 0 Å². The Morgan fingerprint density at radius 3 is 2.71 bits per heavy atom. The molecule has 76 valence electrons. The molecule has 2 aromatic rings. The molecule has 0 fully saturated rings. The van der Waals surface area contributed by atoms with Gasteiger partial charge in [-0.2, -0.15) is 5.10 Å². The smallest absolute Gasteiger partial charge is 0.0689 e. The average Bonchev–Trinajstić information content (AvgIpc) is 2.64. The minimum absolute atomic E-state index is 0.0725.